The van der Waals surface area contributed by atoms with E-state index in [1.807, 2.05) is 6.07 Å². The summed E-state index contributed by atoms with van der Waals surface area (Å²) in [4.78, 5) is 7.74. The summed E-state index contributed by atoms with van der Waals surface area (Å²) in [5, 5.41) is 0.990. The summed E-state index contributed by atoms with van der Waals surface area (Å²) in [6.07, 6.45) is 2.90. The Kier molecular flexibility index (Phi) is 4.76. The number of benzene rings is 1. The number of hydrogen-bond acceptors (Lipinski definition) is 5. The molecule has 4 rings (SSSR count). The molecule has 9 heteroatoms. The Hall–Kier alpha value is -2.23. The molecule has 28 heavy (non-hydrogen) atoms. The minimum absolute atomic E-state index is 0.0214. The number of nitrogens with zero attached hydrogens (tertiary/aromatic N) is 1. The van der Waals surface area contributed by atoms with Crippen LogP contribution in [0.5, 0.6) is 0 Å². The molecular weight excluding hydrogens is 398 g/mol. The van der Waals surface area contributed by atoms with Gasteiger partial charge in [-0.05, 0) is 48.2 Å². The molecule has 0 amide bonds. The maximum absolute atomic E-state index is 12.6. The van der Waals surface area contributed by atoms with E-state index in [9.17, 15) is 16.8 Å². The third kappa shape index (κ3) is 3.69. The van der Waals surface area contributed by atoms with Gasteiger partial charge in [0.1, 0.15) is 5.65 Å². The van der Waals surface area contributed by atoms with E-state index in [2.05, 4.69) is 27.7 Å². The second kappa shape index (κ2) is 6.98. The first-order valence-corrected chi connectivity index (χ1v) is 12.4. The smallest absolute Gasteiger partial charge is 0.240 e. The van der Waals surface area contributed by atoms with Gasteiger partial charge >= 0.3 is 0 Å². The van der Waals surface area contributed by atoms with Crippen molar-refractivity contribution >= 4 is 30.9 Å². The summed E-state index contributed by atoms with van der Waals surface area (Å²) < 4.78 is 50.8. The van der Waals surface area contributed by atoms with Crippen LogP contribution in [-0.2, 0) is 26.3 Å². The van der Waals surface area contributed by atoms with Gasteiger partial charge in [-0.2, -0.15) is 0 Å². The molecule has 1 atom stereocenters. The Balaban J connectivity index is 1.61. The number of aryl methyl sites for hydroxylation is 1. The van der Waals surface area contributed by atoms with E-state index in [4.69, 9.17) is 0 Å². The van der Waals surface area contributed by atoms with Gasteiger partial charge < -0.3 is 4.98 Å². The molecule has 148 valence electrons. The Bertz CT molecular complexity index is 1230. The van der Waals surface area contributed by atoms with Crippen molar-refractivity contribution in [2.45, 2.75) is 30.7 Å². The van der Waals surface area contributed by atoms with Gasteiger partial charge in [0.25, 0.3) is 0 Å². The van der Waals surface area contributed by atoms with Crippen LogP contribution < -0.4 is 4.72 Å². The number of sulfone groups is 1. The van der Waals surface area contributed by atoms with Gasteiger partial charge in [-0.15, -0.1) is 0 Å². The molecule has 2 N–H and O–H groups in total. The lowest BCUT2D eigenvalue weighted by atomic mass is 10.0. The molecule has 1 aliphatic heterocycles. The molecule has 0 spiro atoms. The molecule has 1 unspecified atom stereocenters. The normalized spacial score (nSPS) is 19.2. The van der Waals surface area contributed by atoms with E-state index in [0.29, 0.717) is 6.42 Å². The second-order valence-electron chi connectivity index (χ2n) is 7.01. The van der Waals surface area contributed by atoms with Gasteiger partial charge in [0.15, 0.2) is 9.84 Å². The maximum Gasteiger partial charge on any atom is 0.240 e. The van der Waals surface area contributed by atoms with E-state index in [0.717, 1.165) is 34.3 Å². The fourth-order valence-corrected chi connectivity index (χ4v) is 6.56. The number of hydrogen-bond donors (Lipinski definition) is 2. The molecule has 7 nitrogen and oxygen atoms in total. The zero-order valence-corrected chi connectivity index (χ0v) is 17.0. The number of sulfonamides is 1. The predicted molar refractivity (Wildman–Crippen MR) is 108 cm³/mol. The highest BCUT2D eigenvalue weighted by atomic mass is 32.2. The second-order valence-corrected chi connectivity index (χ2v) is 11.0. The van der Waals surface area contributed by atoms with Gasteiger partial charge in [0, 0.05) is 23.3 Å². The summed E-state index contributed by atoms with van der Waals surface area (Å²) in [6, 6.07) is 10.00. The Labute approximate surface area is 164 Å². The highest BCUT2D eigenvalue weighted by Crippen LogP contribution is 2.29. The third-order valence-corrected chi connectivity index (χ3v) is 8.30. The number of aromatic nitrogens is 2. The van der Waals surface area contributed by atoms with Crippen molar-refractivity contribution in [3.05, 3.63) is 48.3 Å². The lowest BCUT2D eigenvalue weighted by molar-refractivity contribution is 0.562. The van der Waals surface area contributed by atoms with Crippen LogP contribution in [0.1, 0.15) is 19.0 Å². The van der Waals surface area contributed by atoms with E-state index >= 15 is 0 Å². The van der Waals surface area contributed by atoms with Crippen molar-refractivity contribution < 1.29 is 16.8 Å². The van der Waals surface area contributed by atoms with E-state index in [-0.39, 0.29) is 16.4 Å². The first-order chi connectivity index (χ1) is 13.3. The van der Waals surface area contributed by atoms with Crippen LogP contribution in [0.3, 0.4) is 0 Å². The Morgan fingerprint density at radius 2 is 1.96 bits per heavy atom. The van der Waals surface area contributed by atoms with Crippen LogP contribution in [0.25, 0.3) is 22.2 Å². The average Bonchev–Trinajstić information content (AvgIpc) is 3.23. The Morgan fingerprint density at radius 3 is 2.61 bits per heavy atom. The average molecular weight is 420 g/mol. The number of pyridine rings is 1. The summed E-state index contributed by atoms with van der Waals surface area (Å²) in [5.41, 5.74) is 3.75. The SMILES string of the molecule is CCc1cc2c(-c3ccc(S(=O)(=O)NC4CCS(=O)(=O)C4)cc3)ccnc2[nH]1. The molecule has 0 bridgehead atoms. The van der Waals surface area contributed by atoms with E-state index in [1.165, 1.54) is 0 Å². The van der Waals surface area contributed by atoms with Gasteiger partial charge in [-0.1, -0.05) is 19.1 Å². The predicted octanol–water partition coefficient (Wildman–Crippen LogP) is 2.26. The van der Waals surface area contributed by atoms with Crippen molar-refractivity contribution in [2.24, 2.45) is 0 Å². The first kappa shape index (κ1) is 19.1. The van der Waals surface area contributed by atoms with Crippen LogP contribution in [0, 0.1) is 0 Å². The van der Waals surface area contributed by atoms with Gasteiger partial charge in [0.05, 0.1) is 16.4 Å². The van der Waals surface area contributed by atoms with Crippen LogP contribution >= 0.6 is 0 Å². The summed E-state index contributed by atoms with van der Waals surface area (Å²) in [7, 11) is -6.92. The van der Waals surface area contributed by atoms with E-state index < -0.39 is 25.9 Å². The minimum atomic E-state index is -3.77. The third-order valence-electron chi connectivity index (χ3n) is 5.00. The lowest BCUT2D eigenvalue weighted by Gasteiger charge is -2.12. The molecule has 1 aliphatic rings. The largest absolute Gasteiger partial charge is 0.343 e. The van der Waals surface area contributed by atoms with Crippen molar-refractivity contribution in [3.8, 4) is 11.1 Å². The standard InChI is InChI=1S/C19H21N3O4S2/c1-2-14-11-18-17(7-9-20-19(18)21-14)13-3-5-16(6-4-13)28(25,26)22-15-8-10-27(23,24)12-15/h3-7,9,11,15,22H,2,8,10,12H2,1H3,(H,20,21). The number of aromatic amines is 1. The van der Waals surface area contributed by atoms with Crippen LogP contribution in [0.15, 0.2) is 47.5 Å². The maximum atomic E-state index is 12.6. The summed E-state index contributed by atoms with van der Waals surface area (Å²) in [6.45, 7) is 2.06. The molecule has 3 aromatic rings. The zero-order valence-electron chi connectivity index (χ0n) is 15.3. The Morgan fingerprint density at radius 1 is 1.21 bits per heavy atom. The fourth-order valence-electron chi connectivity index (χ4n) is 3.51. The number of nitrogens with one attached hydrogen (secondary N) is 2. The minimum Gasteiger partial charge on any atom is -0.343 e. The zero-order chi connectivity index (χ0) is 19.9. The fraction of sp³-hybridized carbons (Fsp3) is 0.316. The highest BCUT2D eigenvalue weighted by Gasteiger charge is 2.31. The van der Waals surface area contributed by atoms with Crippen molar-refractivity contribution in [1.82, 2.24) is 14.7 Å². The number of fused-ring (bicyclic) bond motifs is 1. The summed E-state index contributed by atoms with van der Waals surface area (Å²) in [5.74, 6) is -0.125. The van der Waals surface area contributed by atoms with Crippen molar-refractivity contribution in [2.75, 3.05) is 11.5 Å². The van der Waals surface area contributed by atoms with Gasteiger partial charge in [-0.25, -0.2) is 26.5 Å². The monoisotopic (exact) mass is 419 g/mol. The number of H-pyrrole nitrogens is 1. The van der Waals surface area contributed by atoms with Crippen LogP contribution in [0.2, 0.25) is 0 Å². The quantitative estimate of drug-likeness (QED) is 0.659. The van der Waals surface area contributed by atoms with Crippen LogP contribution in [0.4, 0.5) is 0 Å². The van der Waals surface area contributed by atoms with E-state index in [1.54, 1.807) is 30.5 Å². The molecule has 0 radical (unpaired) electrons. The van der Waals surface area contributed by atoms with Gasteiger partial charge in [-0.3, -0.25) is 0 Å². The van der Waals surface area contributed by atoms with Crippen molar-refractivity contribution in [3.63, 3.8) is 0 Å². The molecule has 2 aromatic heterocycles. The molecule has 1 saturated heterocycles. The molecule has 3 heterocycles. The lowest BCUT2D eigenvalue weighted by Crippen LogP contribution is -2.35. The number of rotatable bonds is 5. The summed E-state index contributed by atoms with van der Waals surface area (Å²) >= 11 is 0. The van der Waals surface area contributed by atoms with Crippen molar-refractivity contribution in [1.29, 1.82) is 0 Å². The molecule has 1 aromatic carbocycles. The molecular formula is C19H21N3O4S2. The van der Waals surface area contributed by atoms with Crippen LogP contribution in [-0.4, -0.2) is 44.4 Å². The first-order valence-electron chi connectivity index (χ1n) is 9.07. The topological polar surface area (TPSA) is 109 Å². The highest BCUT2D eigenvalue weighted by molar-refractivity contribution is 7.92. The molecule has 0 aliphatic carbocycles. The van der Waals surface area contributed by atoms with Gasteiger partial charge in [0.2, 0.25) is 10.0 Å². The molecule has 0 saturated carbocycles. The molecule has 1 fully saturated rings.